The Hall–Kier alpha value is -0.120. The van der Waals surface area contributed by atoms with Crippen LogP contribution in [0.2, 0.25) is 0 Å². The van der Waals surface area contributed by atoms with E-state index in [0.29, 0.717) is 5.41 Å². The minimum absolute atomic E-state index is 0.0327. The molecule has 0 saturated heterocycles. The van der Waals surface area contributed by atoms with Gasteiger partial charge in [0.2, 0.25) is 0 Å². The van der Waals surface area contributed by atoms with Gasteiger partial charge in [-0.25, -0.2) is 0 Å². The third-order valence-corrected chi connectivity index (χ3v) is 3.37. The first-order valence-electron chi connectivity index (χ1n) is 6.54. The minimum atomic E-state index is -0.0327. The molecule has 1 unspecified atom stereocenters. The first kappa shape index (κ1) is 13.9. The van der Waals surface area contributed by atoms with Gasteiger partial charge in [0.15, 0.2) is 6.29 Å². The first-order chi connectivity index (χ1) is 7.60. The third-order valence-electron chi connectivity index (χ3n) is 3.37. The van der Waals surface area contributed by atoms with Crippen LogP contribution in [0, 0.1) is 11.3 Å². The molecule has 1 saturated carbocycles. The van der Waals surface area contributed by atoms with Crippen molar-refractivity contribution in [1.82, 2.24) is 5.32 Å². The fourth-order valence-corrected chi connectivity index (χ4v) is 2.01. The first-order valence-corrected chi connectivity index (χ1v) is 6.54. The number of nitrogens with one attached hydrogen (secondary N) is 1. The van der Waals surface area contributed by atoms with Crippen LogP contribution >= 0.6 is 0 Å². The Kier molecular flexibility index (Phi) is 5.73. The SMILES string of the molecule is CCOC(CCNCC1CC1(C)C)OCC. The third kappa shape index (κ3) is 4.81. The molecule has 1 atom stereocenters. The molecule has 3 heteroatoms. The fraction of sp³-hybridized carbons (Fsp3) is 1.00. The average molecular weight is 229 g/mol. The van der Waals surface area contributed by atoms with Crippen LogP contribution in [0.15, 0.2) is 0 Å². The molecule has 16 heavy (non-hydrogen) atoms. The van der Waals surface area contributed by atoms with E-state index < -0.39 is 0 Å². The van der Waals surface area contributed by atoms with Crippen LogP contribution in [-0.2, 0) is 9.47 Å². The van der Waals surface area contributed by atoms with Gasteiger partial charge < -0.3 is 14.8 Å². The summed E-state index contributed by atoms with van der Waals surface area (Å²) in [5, 5.41) is 3.49. The normalized spacial score (nSPS) is 22.7. The molecule has 96 valence electrons. The Bertz CT molecular complexity index is 188. The summed E-state index contributed by atoms with van der Waals surface area (Å²) in [6.45, 7) is 12.2. The van der Waals surface area contributed by atoms with Crippen molar-refractivity contribution in [2.75, 3.05) is 26.3 Å². The standard InChI is InChI=1S/C13H27NO2/c1-5-15-12(16-6-2)7-8-14-10-11-9-13(11,3)4/h11-12,14H,5-10H2,1-4H3. The minimum Gasteiger partial charge on any atom is -0.353 e. The van der Waals surface area contributed by atoms with Gasteiger partial charge in [-0.3, -0.25) is 0 Å². The van der Waals surface area contributed by atoms with Gasteiger partial charge in [-0.15, -0.1) is 0 Å². The maximum atomic E-state index is 5.48. The van der Waals surface area contributed by atoms with Crippen LogP contribution in [0.3, 0.4) is 0 Å². The molecule has 3 nitrogen and oxygen atoms in total. The van der Waals surface area contributed by atoms with Crippen molar-refractivity contribution in [2.24, 2.45) is 11.3 Å². The van der Waals surface area contributed by atoms with E-state index in [2.05, 4.69) is 19.2 Å². The van der Waals surface area contributed by atoms with E-state index in [-0.39, 0.29) is 6.29 Å². The van der Waals surface area contributed by atoms with Crippen LogP contribution in [0.25, 0.3) is 0 Å². The predicted octanol–water partition coefficient (Wildman–Crippen LogP) is 2.41. The van der Waals surface area contributed by atoms with E-state index in [9.17, 15) is 0 Å². The summed E-state index contributed by atoms with van der Waals surface area (Å²) in [7, 11) is 0. The summed E-state index contributed by atoms with van der Waals surface area (Å²) in [4.78, 5) is 0. The van der Waals surface area contributed by atoms with Gasteiger partial charge in [0, 0.05) is 19.6 Å². The molecule has 0 amide bonds. The quantitative estimate of drug-likeness (QED) is 0.486. The van der Waals surface area contributed by atoms with E-state index >= 15 is 0 Å². The van der Waals surface area contributed by atoms with E-state index in [4.69, 9.17) is 9.47 Å². The molecule has 0 aromatic carbocycles. The Morgan fingerprint density at radius 2 is 1.81 bits per heavy atom. The monoisotopic (exact) mass is 229 g/mol. The highest BCUT2D eigenvalue weighted by molar-refractivity contribution is 4.95. The lowest BCUT2D eigenvalue weighted by molar-refractivity contribution is -0.138. The Morgan fingerprint density at radius 3 is 2.25 bits per heavy atom. The average Bonchev–Trinajstić information content (AvgIpc) is 2.82. The Morgan fingerprint density at radius 1 is 1.25 bits per heavy atom. The second-order valence-corrected chi connectivity index (χ2v) is 5.22. The topological polar surface area (TPSA) is 30.5 Å². The van der Waals surface area contributed by atoms with Crippen molar-refractivity contribution in [3.05, 3.63) is 0 Å². The highest BCUT2D eigenvalue weighted by atomic mass is 16.7. The molecule has 1 N–H and O–H groups in total. The molecule has 1 fully saturated rings. The second-order valence-electron chi connectivity index (χ2n) is 5.22. The maximum absolute atomic E-state index is 5.48. The summed E-state index contributed by atoms with van der Waals surface area (Å²) >= 11 is 0. The molecular weight excluding hydrogens is 202 g/mol. The zero-order chi connectivity index (χ0) is 12.0. The summed E-state index contributed by atoms with van der Waals surface area (Å²) in [5.41, 5.74) is 0.576. The molecule has 0 aromatic rings. The zero-order valence-corrected chi connectivity index (χ0v) is 11.2. The molecule has 0 spiro atoms. The van der Waals surface area contributed by atoms with Gasteiger partial charge in [-0.05, 0) is 44.7 Å². The molecule has 1 rings (SSSR count). The lowest BCUT2D eigenvalue weighted by Crippen LogP contribution is -2.26. The smallest absolute Gasteiger partial charge is 0.158 e. The van der Waals surface area contributed by atoms with Crippen molar-refractivity contribution in [3.63, 3.8) is 0 Å². The van der Waals surface area contributed by atoms with Gasteiger partial charge in [-0.1, -0.05) is 13.8 Å². The van der Waals surface area contributed by atoms with Crippen molar-refractivity contribution in [3.8, 4) is 0 Å². The van der Waals surface area contributed by atoms with Gasteiger partial charge in [0.05, 0.1) is 0 Å². The Labute approximate surface area is 99.9 Å². The zero-order valence-electron chi connectivity index (χ0n) is 11.2. The molecule has 1 aliphatic carbocycles. The van der Waals surface area contributed by atoms with Gasteiger partial charge >= 0.3 is 0 Å². The van der Waals surface area contributed by atoms with Crippen LogP contribution in [0.4, 0.5) is 0 Å². The number of hydrogen-bond donors (Lipinski definition) is 1. The highest BCUT2D eigenvalue weighted by Crippen LogP contribution is 2.50. The molecule has 0 heterocycles. The van der Waals surface area contributed by atoms with Crippen molar-refractivity contribution in [1.29, 1.82) is 0 Å². The Balaban J connectivity index is 2.00. The van der Waals surface area contributed by atoms with Crippen molar-refractivity contribution >= 4 is 0 Å². The summed E-state index contributed by atoms with van der Waals surface area (Å²) in [6.07, 6.45) is 2.27. The summed E-state index contributed by atoms with van der Waals surface area (Å²) < 4.78 is 11.0. The predicted molar refractivity (Wildman–Crippen MR) is 66.4 cm³/mol. The highest BCUT2D eigenvalue weighted by Gasteiger charge is 2.44. The van der Waals surface area contributed by atoms with Gasteiger partial charge in [-0.2, -0.15) is 0 Å². The fourth-order valence-electron chi connectivity index (χ4n) is 2.01. The van der Waals surface area contributed by atoms with Crippen molar-refractivity contribution in [2.45, 2.75) is 46.8 Å². The second kappa shape index (κ2) is 6.58. The maximum Gasteiger partial charge on any atom is 0.158 e. The van der Waals surface area contributed by atoms with Crippen LogP contribution < -0.4 is 5.32 Å². The number of hydrogen-bond acceptors (Lipinski definition) is 3. The number of rotatable bonds is 9. The summed E-state index contributed by atoms with van der Waals surface area (Å²) in [5.74, 6) is 0.866. The van der Waals surface area contributed by atoms with Crippen LogP contribution in [-0.4, -0.2) is 32.6 Å². The van der Waals surface area contributed by atoms with Crippen LogP contribution in [0.1, 0.15) is 40.5 Å². The molecule has 0 aliphatic heterocycles. The number of ether oxygens (including phenoxy) is 2. The molecule has 1 aliphatic rings. The molecule has 0 radical (unpaired) electrons. The van der Waals surface area contributed by atoms with E-state index in [0.717, 1.165) is 38.6 Å². The van der Waals surface area contributed by atoms with Gasteiger partial charge in [0.1, 0.15) is 0 Å². The summed E-state index contributed by atoms with van der Waals surface area (Å²) in [6, 6.07) is 0. The largest absolute Gasteiger partial charge is 0.353 e. The lowest BCUT2D eigenvalue weighted by Gasteiger charge is -2.17. The van der Waals surface area contributed by atoms with E-state index in [1.54, 1.807) is 0 Å². The molecular formula is C13H27NO2. The van der Waals surface area contributed by atoms with Crippen LogP contribution in [0.5, 0.6) is 0 Å². The molecule has 0 aromatic heterocycles. The molecule has 0 bridgehead atoms. The lowest BCUT2D eigenvalue weighted by atomic mass is 10.1. The van der Waals surface area contributed by atoms with Gasteiger partial charge in [0.25, 0.3) is 0 Å². The van der Waals surface area contributed by atoms with E-state index in [1.807, 2.05) is 13.8 Å². The van der Waals surface area contributed by atoms with E-state index in [1.165, 1.54) is 6.42 Å². The van der Waals surface area contributed by atoms with Crippen molar-refractivity contribution < 1.29 is 9.47 Å².